The highest BCUT2D eigenvalue weighted by atomic mass is 15.0. The van der Waals surface area contributed by atoms with Gasteiger partial charge in [0.25, 0.3) is 0 Å². The smallest absolute Gasteiger partial charge is 0.0949 e. The Morgan fingerprint density at radius 2 is 2.43 bits per heavy atom. The Hall–Kier alpha value is -1.34. The first kappa shape index (κ1) is 10.7. The zero-order valence-corrected chi connectivity index (χ0v) is 8.53. The van der Waals surface area contributed by atoms with Gasteiger partial charge < -0.3 is 9.88 Å². The van der Waals surface area contributed by atoms with E-state index in [9.17, 15) is 0 Å². The van der Waals surface area contributed by atoms with Gasteiger partial charge in [-0.15, -0.1) is 0 Å². The summed E-state index contributed by atoms with van der Waals surface area (Å²) in [5, 5.41) is 11.4. The second kappa shape index (κ2) is 6.17. The number of hydrogen-bond acceptors (Lipinski definition) is 3. The van der Waals surface area contributed by atoms with Crippen LogP contribution in [0.25, 0.3) is 0 Å². The van der Waals surface area contributed by atoms with Crippen LogP contribution in [0.2, 0.25) is 0 Å². The van der Waals surface area contributed by atoms with E-state index < -0.39 is 0 Å². The largest absolute Gasteiger partial charge is 0.337 e. The van der Waals surface area contributed by atoms with Gasteiger partial charge in [0, 0.05) is 25.7 Å². The molecule has 14 heavy (non-hydrogen) atoms. The summed E-state index contributed by atoms with van der Waals surface area (Å²) in [5.41, 5.74) is 1.06. The molecule has 0 radical (unpaired) electrons. The van der Waals surface area contributed by atoms with Gasteiger partial charge in [-0.25, -0.2) is 4.98 Å². The Morgan fingerprint density at radius 1 is 1.57 bits per heavy atom. The first-order valence-electron chi connectivity index (χ1n) is 4.89. The summed E-state index contributed by atoms with van der Waals surface area (Å²) in [6, 6.07) is 2.14. The van der Waals surface area contributed by atoms with Crippen LogP contribution < -0.4 is 5.32 Å². The molecule has 0 bridgehead atoms. The van der Waals surface area contributed by atoms with Crippen molar-refractivity contribution in [1.29, 1.82) is 5.26 Å². The van der Waals surface area contributed by atoms with E-state index in [-0.39, 0.29) is 0 Å². The minimum absolute atomic E-state index is 0.651. The van der Waals surface area contributed by atoms with Crippen LogP contribution in [0.15, 0.2) is 12.5 Å². The minimum Gasteiger partial charge on any atom is -0.337 e. The van der Waals surface area contributed by atoms with Gasteiger partial charge in [0.2, 0.25) is 0 Å². The molecule has 0 aliphatic heterocycles. The summed E-state index contributed by atoms with van der Waals surface area (Å²) in [6.07, 6.45) is 6.55. The van der Waals surface area contributed by atoms with Gasteiger partial charge in [-0.1, -0.05) is 0 Å². The average Bonchev–Trinajstić information content (AvgIpc) is 2.61. The molecule has 1 rings (SSSR count). The molecule has 0 unspecified atom stereocenters. The van der Waals surface area contributed by atoms with Gasteiger partial charge in [0.15, 0.2) is 0 Å². The van der Waals surface area contributed by atoms with Crippen molar-refractivity contribution in [3.05, 3.63) is 18.2 Å². The Kier molecular flexibility index (Phi) is 4.73. The molecule has 0 saturated heterocycles. The Labute approximate surface area is 84.6 Å². The second-order valence-corrected chi connectivity index (χ2v) is 3.25. The molecule has 4 nitrogen and oxygen atoms in total. The lowest BCUT2D eigenvalue weighted by Crippen LogP contribution is -2.05. The molecular formula is C10H16N4. The van der Waals surface area contributed by atoms with Crippen molar-refractivity contribution in [2.75, 3.05) is 7.05 Å². The number of unbranched alkanes of at least 4 members (excludes halogenated alkanes) is 2. The van der Waals surface area contributed by atoms with E-state index in [4.69, 9.17) is 5.26 Å². The number of aryl methyl sites for hydroxylation is 1. The van der Waals surface area contributed by atoms with Gasteiger partial charge >= 0.3 is 0 Å². The highest BCUT2D eigenvalue weighted by Crippen LogP contribution is 2.00. The monoisotopic (exact) mass is 192 g/mol. The Morgan fingerprint density at radius 3 is 3.14 bits per heavy atom. The SMILES string of the molecule is CNCc1cn(CCCCC#N)cn1. The molecule has 0 atom stereocenters. The highest BCUT2D eigenvalue weighted by molar-refractivity contribution is 4.95. The second-order valence-electron chi connectivity index (χ2n) is 3.25. The van der Waals surface area contributed by atoms with Crippen LogP contribution in [0.5, 0.6) is 0 Å². The summed E-state index contributed by atoms with van der Waals surface area (Å²) in [5.74, 6) is 0. The number of aromatic nitrogens is 2. The van der Waals surface area contributed by atoms with Crippen LogP contribution in [0.3, 0.4) is 0 Å². The van der Waals surface area contributed by atoms with Crippen molar-refractivity contribution in [3.63, 3.8) is 0 Å². The molecule has 76 valence electrons. The Balaban J connectivity index is 2.26. The number of nitriles is 1. The van der Waals surface area contributed by atoms with Crippen LogP contribution in [-0.4, -0.2) is 16.6 Å². The minimum atomic E-state index is 0.651. The molecule has 0 fully saturated rings. The molecule has 0 spiro atoms. The van der Waals surface area contributed by atoms with Gasteiger partial charge in [0.05, 0.1) is 18.1 Å². The van der Waals surface area contributed by atoms with Crippen LogP contribution in [-0.2, 0) is 13.1 Å². The van der Waals surface area contributed by atoms with Crippen molar-refractivity contribution in [2.24, 2.45) is 0 Å². The summed E-state index contributed by atoms with van der Waals surface area (Å²) in [7, 11) is 1.91. The van der Waals surface area contributed by atoms with Crippen molar-refractivity contribution in [1.82, 2.24) is 14.9 Å². The summed E-state index contributed by atoms with van der Waals surface area (Å²) < 4.78 is 2.07. The average molecular weight is 192 g/mol. The molecule has 0 aliphatic rings. The van der Waals surface area contributed by atoms with Crippen LogP contribution >= 0.6 is 0 Å². The molecule has 0 aromatic carbocycles. The quantitative estimate of drug-likeness (QED) is 0.691. The predicted octanol–water partition coefficient (Wildman–Crippen LogP) is 1.30. The fourth-order valence-corrected chi connectivity index (χ4v) is 1.30. The van der Waals surface area contributed by atoms with E-state index in [0.29, 0.717) is 6.42 Å². The maximum absolute atomic E-state index is 8.36. The van der Waals surface area contributed by atoms with Gasteiger partial charge in [-0.05, 0) is 19.9 Å². The normalized spacial score (nSPS) is 10.0. The number of nitrogens with zero attached hydrogens (tertiary/aromatic N) is 3. The third-order valence-corrected chi connectivity index (χ3v) is 2.00. The lowest BCUT2D eigenvalue weighted by atomic mass is 10.2. The zero-order valence-electron chi connectivity index (χ0n) is 8.53. The molecule has 1 aromatic rings. The van der Waals surface area contributed by atoms with Crippen molar-refractivity contribution < 1.29 is 0 Å². The van der Waals surface area contributed by atoms with E-state index in [1.165, 1.54) is 0 Å². The number of nitrogens with one attached hydrogen (secondary N) is 1. The molecule has 0 aliphatic carbocycles. The fraction of sp³-hybridized carbons (Fsp3) is 0.600. The van der Waals surface area contributed by atoms with E-state index in [2.05, 4.69) is 20.9 Å². The van der Waals surface area contributed by atoms with Crippen LogP contribution in [0, 0.1) is 11.3 Å². The molecule has 1 aromatic heterocycles. The van der Waals surface area contributed by atoms with E-state index in [0.717, 1.165) is 31.6 Å². The van der Waals surface area contributed by atoms with Crippen molar-refractivity contribution in [2.45, 2.75) is 32.4 Å². The van der Waals surface area contributed by atoms with Gasteiger partial charge in [-0.2, -0.15) is 5.26 Å². The van der Waals surface area contributed by atoms with Gasteiger partial charge in [-0.3, -0.25) is 0 Å². The molecular weight excluding hydrogens is 176 g/mol. The van der Waals surface area contributed by atoms with E-state index >= 15 is 0 Å². The highest BCUT2D eigenvalue weighted by Gasteiger charge is 1.96. The number of hydrogen-bond donors (Lipinski definition) is 1. The maximum Gasteiger partial charge on any atom is 0.0949 e. The third-order valence-electron chi connectivity index (χ3n) is 2.00. The summed E-state index contributed by atoms with van der Waals surface area (Å²) >= 11 is 0. The molecule has 0 saturated carbocycles. The maximum atomic E-state index is 8.36. The zero-order chi connectivity index (χ0) is 10.2. The first-order valence-corrected chi connectivity index (χ1v) is 4.89. The first-order chi connectivity index (χ1) is 6.86. The van der Waals surface area contributed by atoms with E-state index in [1.807, 2.05) is 19.6 Å². The summed E-state index contributed by atoms with van der Waals surface area (Å²) in [4.78, 5) is 4.24. The standard InChI is InChI=1S/C10H16N4/c1-12-7-10-8-14(9-13-10)6-4-2-3-5-11/h8-9,12H,2-4,6-7H2,1H3. The lowest BCUT2D eigenvalue weighted by Gasteiger charge is -1.98. The summed E-state index contributed by atoms with van der Waals surface area (Å²) in [6.45, 7) is 1.77. The molecule has 0 amide bonds. The Bertz CT molecular complexity index is 297. The topological polar surface area (TPSA) is 53.6 Å². The molecule has 1 N–H and O–H groups in total. The number of rotatable bonds is 6. The third kappa shape index (κ3) is 3.58. The van der Waals surface area contributed by atoms with Crippen LogP contribution in [0.4, 0.5) is 0 Å². The predicted molar refractivity (Wildman–Crippen MR) is 54.5 cm³/mol. The molecule has 1 heterocycles. The number of imidazole rings is 1. The van der Waals surface area contributed by atoms with Gasteiger partial charge in [0.1, 0.15) is 0 Å². The molecule has 4 heteroatoms. The lowest BCUT2D eigenvalue weighted by molar-refractivity contribution is 0.615. The van der Waals surface area contributed by atoms with Crippen molar-refractivity contribution in [3.8, 4) is 6.07 Å². The fourth-order valence-electron chi connectivity index (χ4n) is 1.30. The van der Waals surface area contributed by atoms with Crippen molar-refractivity contribution >= 4 is 0 Å². The van der Waals surface area contributed by atoms with E-state index in [1.54, 1.807) is 0 Å². The van der Waals surface area contributed by atoms with Crippen LogP contribution in [0.1, 0.15) is 25.0 Å².